The Morgan fingerprint density at radius 2 is 1.96 bits per heavy atom. The fraction of sp³-hybridized carbons (Fsp3) is 0.773. The van der Waals surface area contributed by atoms with Crippen LogP contribution >= 0.6 is 0 Å². The van der Waals surface area contributed by atoms with E-state index in [1.165, 1.54) is 17.7 Å². The molecule has 0 bridgehead atoms. The molecule has 0 N–H and O–H groups in total. The van der Waals surface area contributed by atoms with Crippen LogP contribution in [0.2, 0.25) is 0 Å². The average Bonchev–Trinajstić information content (AvgIpc) is 2.60. The highest BCUT2D eigenvalue weighted by Gasteiger charge is 2.32. The Hall–Kier alpha value is -1.12. The summed E-state index contributed by atoms with van der Waals surface area (Å²) in [5.74, 6) is 1.10. The molecule has 2 unspecified atom stereocenters. The van der Waals surface area contributed by atoms with Gasteiger partial charge in [0.25, 0.3) is 0 Å². The molecule has 1 saturated heterocycles. The minimum absolute atomic E-state index is 0.512. The largest absolute Gasteiger partial charge is 0.377 e. The van der Waals surface area contributed by atoms with Crippen LogP contribution in [0.5, 0.6) is 0 Å². The monoisotopic (exact) mass is 348 g/mol. The Morgan fingerprint density at radius 1 is 1.24 bits per heavy atom. The first-order valence-corrected chi connectivity index (χ1v) is 10.2. The van der Waals surface area contributed by atoms with Gasteiger partial charge in [0.15, 0.2) is 0 Å². The first kappa shape index (κ1) is 20.2. The van der Waals surface area contributed by atoms with E-state index in [-0.39, 0.29) is 0 Å². The summed E-state index contributed by atoms with van der Waals surface area (Å²) in [6.45, 7) is 11.5. The summed E-state index contributed by atoms with van der Waals surface area (Å²) in [5, 5.41) is 0. The maximum Gasteiger partial charge on any atom is 0.131 e. The summed E-state index contributed by atoms with van der Waals surface area (Å²) in [7, 11) is 0. The molecule has 25 heavy (non-hydrogen) atoms. The average molecular weight is 349 g/mol. The fourth-order valence-electron chi connectivity index (χ4n) is 4.00. The first-order chi connectivity index (χ1) is 11.9. The molecule has 3 heteroatoms. The fourth-order valence-corrected chi connectivity index (χ4v) is 4.00. The van der Waals surface area contributed by atoms with Gasteiger partial charge in [-0.05, 0) is 76.5 Å². The number of aliphatic imine (C=N–C) groups is 1. The molecule has 2 atom stereocenters. The SMILES string of the molecule is CC/C(C)=C\CN=C(C)C1CCN(/C=C/C2(F)CCCC(C)C2)CC1. The standard InChI is InChI=1S/C22H37FN2/c1-5-18(2)8-13-24-20(4)21-9-14-25(15-10-21)16-12-22(23)11-6-7-19(3)17-22/h8,12,16,19,21H,5-7,9-11,13-15,17H2,1-4H3/b16-12+,18-8-,24-20?. The normalized spacial score (nSPS) is 30.3. The predicted molar refractivity (Wildman–Crippen MR) is 107 cm³/mol. The zero-order chi connectivity index (χ0) is 18.3. The quantitative estimate of drug-likeness (QED) is 0.428. The highest BCUT2D eigenvalue weighted by atomic mass is 19.1. The number of likely N-dealkylation sites (tertiary alicyclic amines) is 1. The molecule has 0 aromatic heterocycles. The predicted octanol–water partition coefficient (Wildman–Crippen LogP) is 5.95. The third-order valence-electron chi connectivity index (χ3n) is 6.02. The van der Waals surface area contributed by atoms with E-state index in [0.717, 1.165) is 45.3 Å². The van der Waals surface area contributed by atoms with Crippen molar-refractivity contribution in [3.63, 3.8) is 0 Å². The van der Waals surface area contributed by atoms with Crippen LogP contribution in [0.4, 0.5) is 4.39 Å². The molecule has 0 aromatic carbocycles. The van der Waals surface area contributed by atoms with Gasteiger partial charge in [-0.1, -0.05) is 31.9 Å². The summed E-state index contributed by atoms with van der Waals surface area (Å²) in [5.41, 5.74) is 1.62. The Balaban J connectivity index is 1.79. The van der Waals surface area contributed by atoms with Gasteiger partial charge in [0.1, 0.15) is 5.67 Å². The Labute approximate surface area is 154 Å². The van der Waals surface area contributed by atoms with Crippen molar-refractivity contribution >= 4 is 5.71 Å². The van der Waals surface area contributed by atoms with E-state index in [1.807, 2.05) is 12.3 Å². The van der Waals surface area contributed by atoms with E-state index in [4.69, 9.17) is 4.99 Å². The molecule has 1 aliphatic heterocycles. The van der Waals surface area contributed by atoms with Gasteiger partial charge in [0.05, 0.1) is 6.54 Å². The van der Waals surface area contributed by atoms with Crippen molar-refractivity contribution in [2.45, 2.75) is 78.3 Å². The molecule has 142 valence electrons. The number of nitrogens with zero attached hydrogens (tertiary/aromatic N) is 2. The highest BCUT2D eigenvalue weighted by Crippen LogP contribution is 2.36. The smallest absolute Gasteiger partial charge is 0.131 e. The summed E-state index contributed by atoms with van der Waals surface area (Å²) in [6, 6.07) is 0. The van der Waals surface area contributed by atoms with Crippen molar-refractivity contribution in [3.8, 4) is 0 Å². The molecule has 2 nitrogen and oxygen atoms in total. The molecule has 0 spiro atoms. The summed E-state index contributed by atoms with van der Waals surface area (Å²) in [6.07, 6.45) is 13.1. The van der Waals surface area contributed by atoms with Crippen LogP contribution in [0, 0.1) is 11.8 Å². The number of halogens is 1. The molecule has 1 heterocycles. The second-order valence-electron chi connectivity index (χ2n) is 8.25. The molecule has 1 aliphatic carbocycles. The number of hydrogen-bond donors (Lipinski definition) is 0. The third kappa shape index (κ3) is 6.60. The zero-order valence-corrected chi connectivity index (χ0v) is 16.7. The van der Waals surface area contributed by atoms with Crippen LogP contribution in [0.3, 0.4) is 0 Å². The van der Waals surface area contributed by atoms with Crippen molar-refractivity contribution in [1.82, 2.24) is 4.90 Å². The second-order valence-corrected chi connectivity index (χ2v) is 8.25. The molecule has 0 radical (unpaired) electrons. The van der Waals surface area contributed by atoms with E-state index >= 15 is 0 Å². The van der Waals surface area contributed by atoms with Crippen LogP contribution in [-0.2, 0) is 0 Å². The maximum absolute atomic E-state index is 14.9. The topological polar surface area (TPSA) is 15.6 Å². The van der Waals surface area contributed by atoms with Crippen molar-refractivity contribution in [2.75, 3.05) is 19.6 Å². The van der Waals surface area contributed by atoms with Gasteiger partial charge >= 0.3 is 0 Å². The molecular weight excluding hydrogens is 311 g/mol. The van der Waals surface area contributed by atoms with Crippen molar-refractivity contribution < 1.29 is 4.39 Å². The molecule has 2 rings (SSSR count). The lowest BCUT2D eigenvalue weighted by Gasteiger charge is -2.34. The van der Waals surface area contributed by atoms with Gasteiger partial charge < -0.3 is 4.90 Å². The number of hydrogen-bond acceptors (Lipinski definition) is 2. The van der Waals surface area contributed by atoms with Gasteiger partial charge in [-0.25, -0.2) is 4.39 Å². The van der Waals surface area contributed by atoms with Crippen molar-refractivity contribution in [1.29, 1.82) is 0 Å². The van der Waals surface area contributed by atoms with Crippen LogP contribution in [0.25, 0.3) is 0 Å². The molecule has 1 saturated carbocycles. The van der Waals surface area contributed by atoms with Gasteiger partial charge in [0, 0.05) is 18.8 Å². The van der Waals surface area contributed by atoms with Gasteiger partial charge in [-0.2, -0.15) is 0 Å². The van der Waals surface area contributed by atoms with Crippen molar-refractivity contribution in [3.05, 3.63) is 23.9 Å². The lowest BCUT2D eigenvalue weighted by Crippen LogP contribution is -2.34. The van der Waals surface area contributed by atoms with Gasteiger partial charge in [-0.3, -0.25) is 4.99 Å². The zero-order valence-electron chi connectivity index (χ0n) is 16.7. The second kappa shape index (κ2) is 9.54. The van der Waals surface area contributed by atoms with E-state index < -0.39 is 5.67 Å². The number of rotatable bonds is 6. The van der Waals surface area contributed by atoms with Crippen LogP contribution < -0.4 is 0 Å². The van der Waals surface area contributed by atoms with E-state index in [9.17, 15) is 4.39 Å². The Bertz CT molecular complexity index is 500. The maximum atomic E-state index is 14.9. The van der Waals surface area contributed by atoms with Gasteiger partial charge in [-0.15, -0.1) is 0 Å². The third-order valence-corrected chi connectivity index (χ3v) is 6.02. The molecule has 0 amide bonds. The van der Waals surface area contributed by atoms with Crippen molar-refractivity contribution in [2.24, 2.45) is 16.8 Å². The van der Waals surface area contributed by atoms with Gasteiger partial charge in [0.2, 0.25) is 0 Å². The summed E-state index contributed by atoms with van der Waals surface area (Å²) >= 11 is 0. The molecular formula is C22H37FN2. The lowest BCUT2D eigenvalue weighted by atomic mass is 9.80. The minimum Gasteiger partial charge on any atom is -0.377 e. The van der Waals surface area contributed by atoms with E-state index in [1.54, 1.807) is 0 Å². The van der Waals surface area contributed by atoms with Crippen LogP contribution in [0.1, 0.15) is 72.6 Å². The Kier molecular flexibility index (Phi) is 7.71. The number of piperidine rings is 1. The van der Waals surface area contributed by atoms with E-state index in [2.05, 4.69) is 38.7 Å². The first-order valence-electron chi connectivity index (χ1n) is 10.2. The molecule has 2 fully saturated rings. The number of allylic oxidation sites excluding steroid dienone is 2. The Morgan fingerprint density at radius 3 is 2.60 bits per heavy atom. The lowest BCUT2D eigenvalue weighted by molar-refractivity contribution is 0.128. The molecule has 2 aliphatic rings. The van der Waals surface area contributed by atoms with Crippen LogP contribution in [0.15, 0.2) is 28.9 Å². The van der Waals surface area contributed by atoms with E-state index in [0.29, 0.717) is 24.7 Å². The highest BCUT2D eigenvalue weighted by molar-refractivity contribution is 5.84. The minimum atomic E-state index is -1.07. The summed E-state index contributed by atoms with van der Waals surface area (Å²) in [4.78, 5) is 7.04. The van der Waals surface area contributed by atoms with Crippen LogP contribution in [-0.4, -0.2) is 35.9 Å². The number of alkyl halides is 1. The summed E-state index contributed by atoms with van der Waals surface area (Å²) < 4.78 is 14.9. The molecule has 0 aromatic rings.